The summed E-state index contributed by atoms with van der Waals surface area (Å²) >= 11 is 0. The normalized spacial score (nSPS) is 11.2. The zero-order valence-corrected chi connectivity index (χ0v) is 14.1. The lowest BCUT2D eigenvalue weighted by molar-refractivity contribution is -0.140. The van der Waals surface area contributed by atoms with Crippen LogP contribution in [0.5, 0.6) is 0 Å². The molecule has 1 aromatic heterocycles. The molecular formula is C20H21NO4. The first kappa shape index (κ1) is 18.4. The maximum absolute atomic E-state index is 11.1. The topological polar surface area (TPSA) is 76.5 Å². The number of rotatable bonds is 8. The van der Waals surface area contributed by atoms with Crippen molar-refractivity contribution in [1.82, 2.24) is 4.98 Å². The van der Waals surface area contributed by atoms with Crippen LogP contribution in [0.3, 0.4) is 0 Å². The Bertz CT molecular complexity index is 736. The van der Waals surface area contributed by atoms with E-state index in [2.05, 4.69) is 15.8 Å². The van der Waals surface area contributed by atoms with Gasteiger partial charge < -0.3 is 9.84 Å². The summed E-state index contributed by atoms with van der Waals surface area (Å²) in [6.07, 6.45) is 8.45. The molecule has 0 bridgehead atoms. The molecule has 1 aromatic carbocycles. The second kappa shape index (κ2) is 9.37. The van der Waals surface area contributed by atoms with Crippen LogP contribution in [-0.4, -0.2) is 29.1 Å². The first-order valence-corrected chi connectivity index (χ1v) is 8.13. The van der Waals surface area contributed by atoms with E-state index in [0.717, 1.165) is 36.0 Å². The number of esters is 1. The largest absolute Gasteiger partial charge is 0.478 e. The summed E-state index contributed by atoms with van der Waals surface area (Å²) in [6, 6.07) is 10.6. The Kier molecular flexibility index (Phi) is 6.89. The van der Waals surface area contributed by atoms with E-state index in [0.29, 0.717) is 6.42 Å². The van der Waals surface area contributed by atoms with Gasteiger partial charge in [-0.15, -0.1) is 0 Å². The molecule has 5 heteroatoms. The summed E-state index contributed by atoms with van der Waals surface area (Å²) in [5.74, 6) is -1.14. The van der Waals surface area contributed by atoms with E-state index in [-0.39, 0.29) is 11.5 Å². The van der Waals surface area contributed by atoms with Gasteiger partial charge in [0, 0.05) is 24.4 Å². The van der Waals surface area contributed by atoms with Crippen LogP contribution in [0.2, 0.25) is 0 Å². The molecule has 0 aliphatic carbocycles. The van der Waals surface area contributed by atoms with Crippen LogP contribution in [0.15, 0.2) is 54.9 Å². The number of benzene rings is 1. The Hall–Kier alpha value is -2.95. The number of ether oxygens (including phenoxy) is 1. The SMILES string of the molecule is COC(=O)CCCC/C=C(/c1ccc(C(=O)O)cc1)c1cccnc1. The summed E-state index contributed by atoms with van der Waals surface area (Å²) in [6.45, 7) is 0. The van der Waals surface area contributed by atoms with Crippen molar-refractivity contribution >= 4 is 17.5 Å². The maximum atomic E-state index is 11.1. The zero-order chi connectivity index (χ0) is 18.1. The molecule has 0 fully saturated rings. The van der Waals surface area contributed by atoms with E-state index >= 15 is 0 Å². The standard InChI is InChI=1S/C20H21NO4/c1-25-19(22)8-4-2-3-7-18(17-6-5-13-21-14-17)15-9-11-16(12-10-15)20(23)24/h5-7,9-14H,2-4,8H2,1H3,(H,23,24)/b18-7-. The van der Waals surface area contributed by atoms with Crippen molar-refractivity contribution in [3.8, 4) is 0 Å². The number of carboxylic acids is 1. The number of carbonyl (C=O) groups is 2. The first-order chi connectivity index (χ1) is 12.1. The molecular weight excluding hydrogens is 318 g/mol. The van der Waals surface area contributed by atoms with E-state index in [4.69, 9.17) is 5.11 Å². The summed E-state index contributed by atoms with van der Waals surface area (Å²) in [4.78, 5) is 26.3. The van der Waals surface area contributed by atoms with E-state index in [9.17, 15) is 9.59 Å². The van der Waals surface area contributed by atoms with Crippen molar-refractivity contribution in [3.63, 3.8) is 0 Å². The second-order valence-electron chi connectivity index (χ2n) is 5.56. The summed E-state index contributed by atoms with van der Waals surface area (Å²) in [7, 11) is 1.39. The first-order valence-electron chi connectivity index (χ1n) is 8.13. The third kappa shape index (κ3) is 5.57. The Morgan fingerprint density at radius 1 is 1.08 bits per heavy atom. The predicted molar refractivity (Wildman–Crippen MR) is 95.2 cm³/mol. The average Bonchev–Trinajstić information content (AvgIpc) is 2.65. The number of pyridine rings is 1. The highest BCUT2D eigenvalue weighted by molar-refractivity contribution is 5.88. The molecule has 2 aromatic rings. The van der Waals surface area contributed by atoms with Gasteiger partial charge in [-0.1, -0.05) is 24.3 Å². The van der Waals surface area contributed by atoms with Crippen molar-refractivity contribution in [2.24, 2.45) is 0 Å². The Morgan fingerprint density at radius 2 is 1.80 bits per heavy atom. The van der Waals surface area contributed by atoms with Crippen molar-refractivity contribution in [2.45, 2.75) is 25.7 Å². The quantitative estimate of drug-likeness (QED) is 0.582. The molecule has 25 heavy (non-hydrogen) atoms. The van der Waals surface area contributed by atoms with Crippen LogP contribution < -0.4 is 0 Å². The van der Waals surface area contributed by atoms with Crippen molar-refractivity contribution in [2.75, 3.05) is 7.11 Å². The van der Waals surface area contributed by atoms with Gasteiger partial charge in [-0.2, -0.15) is 0 Å². The number of nitrogens with zero attached hydrogens (tertiary/aromatic N) is 1. The van der Waals surface area contributed by atoms with E-state index in [1.54, 1.807) is 36.7 Å². The van der Waals surface area contributed by atoms with Gasteiger partial charge in [-0.25, -0.2) is 4.79 Å². The molecule has 0 unspecified atom stereocenters. The number of allylic oxidation sites excluding steroid dienone is 1. The molecule has 0 saturated heterocycles. The number of aromatic nitrogens is 1. The van der Waals surface area contributed by atoms with E-state index < -0.39 is 5.97 Å². The molecule has 0 radical (unpaired) electrons. The molecule has 0 amide bonds. The summed E-state index contributed by atoms with van der Waals surface area (Å²) in [5, 5.41) is 9.03. The molecule has 1 heterocycles. The van der Waals surface area contributed by atoms with Crippen LogP contribution in [-0.2, 0) is 9.53 Å². The van der Waals surface area contributed by atoms with E-state index in [1.807, 2.05) is 12.1 Å². The van der Waals surface area contributed by atoms with Gasteiger partial charge >= 0.3 is 11.9 Å². The van der Waals surface area contributed by atoms with Crippen LogP contribution in [0, 0.1) is 0 Å². The lowest BCUT2D eigenvalue weighted by atomic mass is 9.96. The number of hydrogen-bond acceptors (Lipinski definition) is 4. The number of carboxylic acid groups (broad SMARTS) is 1. The molecule has 0 aliphatic heterocycles. The minimum Gasteiger partial charge on any atom is -0.478 e. The Labute approximate surface area is 147 Å². The third-order valence-electron chi connectivity index (χ3n) is 3.83. The number of carbonyl (C=O) groups excluding carboxylic acids is 1. The fourth-order valence-electron chi connectivity index (χ4n) is 2.48. The molecule has 0 atom stereocenters. The van der Waals surface area contributed by atoms with Gasteiger partial charge in [0.15, 0.2) is 0 Å². The summed E-state index contributed by atoms with van der Waals surface area (Å²) in [5.41, 5.74) is 3.17. The van der Waals surface area contributed by atoms with Gasteiger partial charge in [0.2, 0.25) is 0 Å². The monoisotopic (exact) mass is 339 g/mol. The highest BCUT2D eigenvalue weighted by atomic mass is 16.5. The lowest BCUT2D eigenvalue weighted by Crippen LogP contribution is -1.99. The van der Waals surface area contributed by atoms with Crippen LogP contribution in [0.4, 0.5) is 0 Å². The Morgan fingerprint density at radius 3 is 2.40 bits per heavy atom. The van der Waals surface area contributed by atoms with Crippen LogP contribution in [0.1, 0.15) is 47.2 Å². The predicted octanol–water partition coefficient (Wildman–Crippen LogP) is 3.94. The number of methoxy groups -OCH3 is 1. The van der Waals surface area contributed by atoms with Crippen molar-refractivity contribution < 1.29 is 19.4 Å². The number of aromatic carboxylic acids is 1. The van der Waals surface area contributed by atoms with Gasteiger partial charge in [-0.3, -0.25) is 9.78 Å². The number of hydrogen-bond donors (Lipinski definition) is 1. The third-order valence-corrected chi connectivity index (χ3v) is 3.83. The van der Waals surface area contributed by atoms with Crippen LogP contribution >= 0.6 is 0 Å². The molecule has 130 valence electrons. The molecule has 0 aliphatic rings. The number of unbranched alkanes of at least 4 members (excludes halogenated alkanes) is 2. The van der Waals surface area contributed by atoms with Crippen molar-refractivity contribution in [3.05, 3.63) is 71.6 Å². The molecule has 1 N–H and O–H groups in total. The smallest absolute Gasteiger partial charge is 0.335 e. The maximum Gasteiger partial charge on any atom is 0.335 e. The Balaban J connectivity index is 2.15. The molecule has 0 spiro atoms. The van der Waals surface area contributed by atoms with Crippen LogP contribution in [0.25, 0.3) is 5.57 Å². The zero-order valence-electron chi connectivity index (χ0n) is 14.1. The molecule has 5 nitrogen and oxygen atoms in total. The van der Waals surface area contributed by atoms with Gasteiger partial charge in [0.1, 0.15) is 0 Å². The highest BCUT2D eigenvalue weighted by Gasteiger charge is 2.08. The van der Waals surface area contributed by atoms with Crippen molar-refractivity contribution in [1.29, 1.82) is 0 Å². The minimum atomic E-state index is -0.943. The fraction of sp³-hybridized carbons (Fsp3) is 0.250. The second-order valence-corrected chi connectivity index (χ2v) is 5.56. The van der Waals surface area contributed by atoms with E-state index in [1.165, 1.54) is 7.11 Å². The summed E-state index contributed by atoms with van der Waals surface area (Å²) < 4.78 is 4.64. The minimum absolute atomic E-state index is 0.194. The van der Waals surface area contributed by atoms with Gasteiger partial charge in [0.05, 0.1) is 12.7 Å². The highest BCUT2D eigenvalue weighted by Crippen LogP contribution is 2.24. The average molecular weight is 339 g/mol. The lowest BCUT2D eigenvalue weighted by Gasteiger charge is -2.09. The van der Waals surface area contributed by atoms with Gasteiger partial charge in [-0.05, 0) is 48.6 Å². The fourth-order valence-corrected chi connectivity index (χ4v) is 2.48. The molecule has 0 saturated carbocycles. The van der Waals surface area contributed by atoms with Gasteiger partial charge in [0.25, 0.3) is 0 Å². The molecule has 2 rings (SSSR count).